The highest BCUT2D eigenvalue weighted by molar-refractivity contribution is 5.83. The number of nitrogens with zero attached hydrogens (tertiary/aromatic N) is 4. The van der Waals surface area contributed by atoms with E-state index in [2.05, 4.69) is 15.3 Å². The maximum absolute atomic E-state index is 9.73. The van der Waals surface area contributed by atoms with E-state index in [9.17, 15) is 5.11 Å². The molecule has 0 atom stereocenters. The van der Waals surface area contributed by atoms with Crippen molar-refractivity contribution in [3.05, 3.63) is 36.4 Å². The molecule has 0 bridgehead atoms. The van der Waals surface area contributed by atoms with Crippen LogP contribution in [-0.4, -0.2) is 32.8 Å². The fourth-order valence-corrected chi connectivity index (χ4v) is 1.27. The fraction of sp³-hybridized carbons (Fsp3) is 0.182. The Bertz CT molecular complexity index is 508. The van der Waals surface area contributed by atoms with Gasteiger partial charge in [-0.15, -0.1) is 10.2 Å². The van der Waals surface area contributed by atoms with E-state index in [1.807, 2.05) is 6.92 Å². The summed E-state index contributed by atoms with van der Waals surface area (Å²) in [5, 5.41) is 21.0. The Labute approximate surface area is 98.2 Å². The van der Waals surface area contributed by atoms with Crippen molar-refractivity contribution in [2.24, 2.45) is 5.10 Å². The first kappa shape index (κ1) is 11.1. The van der Waals surface area contributed by atoms with Crippen LogP contribution in [0, 0.1) is 0 Å². The van der Waals surface area contributed by atoms with Crippen LogP contribution < -0.4 is 4.74 Å². The lowest BCUT2D eigenvalue weighted by atomic mass is 10.2. The van der Waals surface area contributed by atoms with Gasteiger partial charge in [0.25, 0.3) is 0 Å². The largest absolute Gasteiger partial charge is 0.507 e. The summed E-state index contributed by atoms with van der Waals surface area (Å²) in [6.45, 7) is 2.45. The van der Waals surface area contributed by atoms with Crippen LogP contribution in [0.5, 0.6) is 11.5 Å². The minimum absolute atomic E-state index is 0.118. The third-order valence-electron chi connectivity index (χ3n) is 2.05. The molecule has 1 N–H and O–H groups in total. The Balaban J connectivity index is 2.16. The molecule has 0 saturated carbocycles. The molecule has 0 aliphatic rings. The van der Waals surface area contributed by atoms with Gasteiger partial charge in [0.2, 0.25) is 0 Å². The molecule has 17 heavy (non-hydrogen) atoms. The molecule has 0 unspecified atom stereocenters. The lowest BCUT2D eigenvalue weighted by Gasteiger charge is -2.04. The lowest BCUT2D eigenvalue weighted by Crippen LogP contribution is -1.93. The first-order valence-electron chi connectivity index (χ1n) is 5.14. The van der Waals surface area contributed by atoms with Crippen LogP contribution in [-0.2, 0) is 0 Å². The first-order chi connectivity index (χ1) is 8.29. The molecule has 1 aromatic heterocycles. The summed E-state index contributed by atoms with van der Waals surface area (Å²) in [4.78, 5) is 0. The molecule has 2 aromatic rings. The van der Waals surface area contributed by atoms with Gasteiger partial charge in [-0.2, -0.15) is 5.10 Å². The standard InChI is InChI=1S/C11H12N4O2/c1-2-17-10-4-3-9(11(16)5-10)6-14-15-7-12-13-8-15/h3-8,16H,2H2,1H3/b14-6+. The van der Waals surface area contributed by atoms with Gasteiger partial charge in [0.1, 0.15) is 24.2 Å². The summed E-state index contributed by atoms with van der Waals surface area (Å²) in [5.74, 6) is 0.749. The van der Waals surface area contributed by atoms with Crippen molar-refractivity contribution in [3.63, 3.8) is 0 Å². The minimum atomic E-state index is 0.118. The Hall–Kier alpha value is -2.37. The van der Waals surface area contributed by atoms with Gasteiger partial charge < -0.3 is 9.84 Å². The van der Waals surface area contributed by atoms with Gasteiger partial charge >= 0.3 is 0 Å². The van der Waals surface area contributed by atoms with E-state index >= 15 is 0 Å². The van der Waals surface area contributed by atoms with Crippen molar-refractivity contribution in [1.82, 2.24) is 14.9 Å². The Morgan fingerprint density at radius 2 is 2.18 bits per heavy atom. The number of phenols is 1. The highest BCUT2D eigenvalue weighted by Crippen LogP contribution is 2.22. The second kappa shape index (κ2) is 5.11. The third-order valence-corrected chi connectivity index (χ3v) is 2.05. The molecule has 1 heterocycles. The zero-order valence-electron chi connectivity index (χ0n) is 9.32. The number of hydrogen-bond donors (Lipinski definition) is 1. The SMILES string of the molecule is CCOc1ccc(/C=N/n2cnnc2)c(O)c1. The van der Waals surface area contributed by atoms with E-state index in [0.717, 1.165) is 0 Å². The summed E-state index contributed by atoms with van der Waals surface area (Å²) in [6.07, 6.45) is 4.44. The number of aromatic nitrogens is 3. The number of phenolic OH excluding ortho intramolecular Hbond substituents is 1. The van der Waals surface area contributed by atoms with Crippen LogP contribution in [0.2, 0.25) is 0 Å². The van der Waals surface area contributed by atoms with E-state index < -0.39 is 0 Å². The van der Waals surface area contributed by atoms with Crippen LogP contribution in [0.15, 0.2) is 36.0 Å². The van der Waals surface area contributed by atoms with Gasteiger partial charge in [-0.25, -0.2) is 4.68 Å². The quantitative estimate of drug-likeness (QED) is 0.805. The number of hydrogen-bond acceptors (Lipinski definition) is 5. The zero-order chi connectivity index (χ0) is 12.1. The molecule has 6 heteroatoms. The Morgan fingerprint density at radius 1 is 1.41 bits per heavy atom. The molecule has 6 nitrogen and oxygen atoms in total. The smallest absolute Gasteiger partial charge is 0.141 e. The number of aromatic hydroxyl groups is 1. The highest BCUT2D eigenvalue weighted by Gasteiger charge is 2.00. The summed E-state index contributed by atoms with van der Waals surface area (Å²) in [7, 11) is 0. The predicted molar refractivity (Wildman–Crippen MR) is 62.3 cm³/mol. The molecular weight excluding hydrogens is 220 g/mol. The van der Waals surface area contributed by atoms with Crippen LogP contribution in [0.1, 0.15) is 12.5 Å². The highest BCUT2D eigenvalue weighted by atomic mass is 16.5. The van der Waals surface area contributed by atoms with Crippen molar-refractivity contribution in [2.45, 2.75) is 6.92 Å². The molecule has 0 aliphatic heterocycles. The molecule has 1 aromatic carbocycles. The van der Waals surface area contributed by atoms with Crippen LogP contribution in [0.25, 0.3) is 0 Å². The van der Waals surface area contributed by atoms with E-state index in [4.69, 9.17) is 4.74 Å². The van der Waals surface area contributed by atoms with Crippen molar-refractivity contribution < 1.29 is 9.84 Å². The summed E-state index contributed by atoms with van der Waals surface area (Å²) in [6, 6.07) is 5.06. The van der Waals surface area contributed by atoms with Gasteiger partial charge in [-0.3, -0.25) is 0 Å². The third kappa shape index (κ3) is 2.81. The average molecular weight is 232 g/mol. The number of rotatable bonds is 4. The van der Waals surface area contributed by atoms with Crippen LogP contribution in [0.3, 0.4) is 0 Å². The average Bonchev–Trinajstić information content (AvgIpc) is 2.81. The first-order valence-corrected chi connectivity index (χ1v) is 5.14. The second-order valence-electron chi connectivity index (χ2n) is 3.24. The normalized spacial score (nSPS) is 10.9. The van der Waals surface area contributed by atoms with E-state index in [0.29, 0.717) is 17.9 Å². The maximum atomic E-state index is 9.73. The van der Waals surface area contributed by atoms with Gasteiger partial charge in [0, 0.05) is 11.6 Å². The molecule has 0 fully saturated rings. The molecule has 0 spiro atoms. The molecule has 0 radical (unpaired) electrons. The molecule has 0 saturated heterocycles. The number of benzene rings is 1. The van der Waals surface area contributed by atoms with Gasteiger partial charge in [-0.1, -0.05) is 0 Å². The maximum Gasteiger partial charge on any atom is 0.141 e. The zero-order valence-corrected chi connectivity index (χ0v) is 9.32. The molecule has 0 amide bonds. The monoisotopic (exact) mass is 232 g/mol. The summed E-state index contributed by atoms with van der Waals surface area (Å²) in [5.41, 5.74) is 0.599. The van der Waals surface area contributed by atoms with Crippen molar-refractivity contribution >= 4 is 6.21 Å². The second-order valence-corrected chi connectivity index (χ2v) is 3.24. The number of ether oxygens (including phenoxy) is 1. The summed E-state index contributed by atoms with van der Waals surface area (Å²) >= 11 is 0. The van der Waals surface area contributed by atoms with E-state index in [1.54, 1.807) is 18.2 Å². The van der Waals surface area contributed by atoms with Gasteiger partial charge in [0.05, 0.1) is 12.8 Å². The topological polar surface area (TPSA) is 72.5 Å². The molecule has 2 rings (SSSR count). The summed E-state index contributed by atoms with van der Waals surface area (Å²) < 4.78 is 6.70. The van der Waals surface area contributed by atoms with E-state index in [-0.39, 0.29) is 5.75 Å². The molecule has 0 aliphatic carbocycles. The predicted octanol–water partition coefficient (Wildman–Crippen LogP) is 1.26. The van der Waals surface area contributed by atoms with E-state index in [1.165, 1.54) is 23.5 Å². The van der Waals surface area contributed by atoms with Gasteiger partial charge in [-0.05, 0) is 19.1 Å². The molecule has 88 valence electrons. The van der Waals surface area contributed by atoms with Crippen molar-refractivity contribution in [2.75, 3.05) is 6.61 Å². The minimum Gasteiger partial charge on any atom is -0.507 e. The lowest BCUT2D eigenvalue weighted by molar-refractivity contribution is 0.337. The van der Waals surface area contributed by atoms with Gasteiger partial charge in [0.15, 0.2) is 0 Å². The Morgan fingerprint density at radius 3 is 2.82 bits per heavy atom. The molecular formula is C11H12N4O2. The van der Waals surface area contributed by atoms with Crippen LogP contribution >= 0.6 is 0 Å². The van der Waals surface area contributed by atoms with Crippen molar-refractivity contribution in [1.29, 1.82) is 0 Å². The Kier molecular flexibility index (Phi) is 3.34. The fourth-order valence-electron chi connectivity index (χ4n) is 1.27. The van der Waals surface area contributed by atoms with Crippen LogP contribution in [0.4, 0.5) is 0 Å². The van der Waals surface area contributed by atoms with Crippen molar-refractivity contribution in [3.8, 4) is 11.5 Å².